The SMILES string of the molecule is CC(=O)N[C@@H](Cc1ccccc1)[C@H](O)CN.COC(=O)C(NC(=O)C(C)NC(=O)C1CCCN1)C(C)C.COc1cc(N2CCNC(C(C)=O)C2)cc2c1OCO2.N[C@H](Cc1ccccc1)C(=O)N[C@H]1c2ccccc2C[C@H]1O. The van der Waals surface area contributed by atoms with Crippen molar-refractivity contribution in [3.8, 4) is 17.2 Å². The van der Waals surface area contributed by atoms with Crippen LogP contribution in [-0.4, -0.2) is 148 Å². The van der Waals surface area contributed by atoms with Crippen molar-refractivity contribution in [2.75, 3.05) is 58.6 Å². The normalized spacial score (nSPS) is 19.6. The van der Waals surface area contributed by atoms with E-state index in [1.807, 2.05) is 111 Å². The summed E-state index contributed by atoms with van der Waals surface area (Å²) in [6.45, 7) is 11.7. The van der Waals surface area contributed by atoms with E-state index in [0.717, 1.165) is 60.4 Å². The fraction of sp³-hybridized carbons (Fsp3) is 0.483. The standard InChI is InChI=1S/C18H20N2O2.C14H25N3O4.C14H18N2O4.C12H18N2O2/c19-15(10-12-6-2-1-3-7-12)18(22)20-17-14-9-5-4-8-13(14)11-16(17)21;1-8(2)11(14(20)21-4)17-12(18)9(3)16-13(19)10-6-5-7-15-10;1-9(17)11-7-16(4-3-15-11)10-5-12(18-2)14-13(6-10)19-8-20-14;1-9(15)14-11(12(16)8-13)7-10-5-3-2-4-6-10/h1-9,15-17,21H,10-11,19H2,(H,20,22);8-11,15H,5-7H2,1-4H3,(H,16,19)(H,17,18);5-6,11,15H,3-4,7-8H2,1-2H3;2-6,11-12,16H,7-8,13H2,1H3,(H,14,15)/t15-,16-,17+;;;11-,12+/m1..0/s1. The Kier molecular flexibility index (Phi) is 25.0. The van der Waals surface area contributed by atoms with Gasteiger partial charge in [0.2, 0.25) is 36.2 Å². The number of nitrogens with two attached hydrogens (primary N) is 2. The first-order chi connectivity index (χ1) is 37.8. The summed E-state index contributed by atoms with van der Waals surface area (Å²) in [5.74, 6) is 0.593. The van der Waals surface area contributed by atoms with Gasteiger partial charge in [-0.25, -0.2) is 4.79 Å². The van der Waals surface area contributed by atoms with Gasteiger partial charge in [-0.3, -0.25) is 24.0 Å². The van der Waals surface area contributed by atoms with E-state index in [9.17, 15) is 39.0 Å². The lowest BCUT2D eigenvalue weighted by molar-refractivity contribution is -0.146. The molecule has 4 aromatic carbocycles. The number of ether oxygens (including phenoxy) is 4. The highest BCUT2D eigenvalue weighted by Crippen LogP contribution is 2.44. The number of hydrogen-bond donors (Lipinski definition) is 10. The molecule has 79 heavy (non-hydrogen) atoms. The number of piperazine rings is 1. The molecule has 4 aromatic rings. The molecule has 9 atom stereocenters. The number of hydrogen-bond acceptors (Lipinski definition) is 17. The Morgan fingerprint density at radius 2 is 1.46 bits per heavy atom. The van der Waals surface area contributed by atoms with Crippen molar-refractivity contribution in [3.63, 3.8) is 0 Å². The van der Waals surface area contributed by atoms with E-state index in [4.69, 9.17) is 25.7 Å². The van der Waals surface area contributed by atoms with Gasteiger partial charge in [-0.05, 0) is 74.2 Å². The van der Waals surface area contributed by atoms with Gasteiger partial charge in [-0.1, -0.05) is 98.8 Å². The Bertz CT molecular complexity index is 2610. The van der Waals surface area contributed by atoms with Crippen molar-refractivity contribution in [3.05, 3.63) is 119 Å². The Morgan fingerprint density at radius 3 is 2.05 bits per heavy atom. The lowest BCUT2D eigenvalue weighted by Gasteiger charge is -2.34. The number of ketones is 1. The molecular weight excluding hydrogens is 1010 g/mol. The van der Waals surface area contributed by atoms with Crippen LogP contribution in [0.1, 0.15) is 75.8 Å². The summed E-state index contributed by atoms with van der Waals surface area (Å²) in [6, 6.07) is 27.9. The Morgan fingerprint density at radius 1 is 0.810 bits per heavy atom. The number of benzene rings is 4. The minimum Gasteiger partial charge on any atom is -0.493 e. The van der Waals surface area contributed by atoms with E-state index >= 15 is 0 Å². The molecule has 0 bridgehead atoms. The lowest BCUT2D eigenvalue weighted by atomic mass is 10.0. The number of amides is 4. The first-order valence-corrected chi connectivity index (χ1v) is 26.8. The Labute approximate surface area is 463 Å². The molecule has 21 heteroatoms. The van der Waals surface area contributed by atoms with E-state index in [1.54, 1.807) is 21.0 Å². The van der Waals surface area contributed by atoms with Crippen LogP contribution in [0.5, 0.6) is 17.2 Å². The third kappa shape index (κ3) is 19.0. The molecule has 0 saturated carbocycles. The van der Waals surface area contributed by atoms with Crippen molar-refractivity contribution < 1.29 is 57.9 Å². The second-order valence-electron chi connectivity index (χ2n) is 20.1. The van der Waals surface area contributed by atoms with Crippen LogP contribution in [-0.2, 0) is 52.8 Å². The maximum absolute atomic E-state index is 12.3. The number of carbonyl (C=O) groups excluding carboxylic acids is 6. The molecule has 2 fully saturated rings. The quantitative estimate of drug-likeness (QED) is 0.0635. The van der Waals surface area contributed by atoms with Gasteiger partial charge < -0.3 is 77.4 Å². The summed E-state index contributed by atoms with van der Waals surface area (Å²) in [6.07, 6.45) is 2.05. The van der Waals surface area contributed by atoms with Crippen molar-refractivity contribution in [2.45, 2.75) is 121 Å². The first-order valence-electron chi connectivity index (χ1n) is 26.8. The second kappa shape index (κ2) is 31.5. The van der Waals surface area contributed by atoms with E-state index in [-0.39, 0.29) is 66.9 Å². The highest BCUT2D eigenvalue weighted by Gasteiger charge is 2.34. The zero-order valence-electron chi connectivity index (χ0n) is 46.4. The van der Waals surface area contributed by atoms with E-state index in [2.05, 4.69) is 41.5 Å². The summed E-state index contributed by atoms with van der Waals surface area (Å²) in [5.41, 5.74) is 16.5. The number of fused-ring (bicyclic) bond motifs is 2. The van der Waals surface area contributed by atoms with Gasteiger partial charge in [-0.15, -0.1) is 0 Å². The minimum atomic E-state index is -0.718. The fourth-order valence-corrected chi connectivity index (χ4v) is 9.29. The molecule has 12 N–H and O–H groups in total. The summed E-state index contributed by atoms with van der Waals surface area (Å²) < 4.78 is 20.8. The monoisotopic (exact) mass is 1100 g/mol. The van der Waals surface area contributed by atoms with Crippen LogP contribution < -0.4 is 62.5 Å². The lowest BCUT2D eigenvalue weighted by Crippen LogP contribution is -2.54. The average Bonchev–Trinajstić information content (AvgIpc) is 4.29. The average molecular weight is 1100 g/mol. The number of nitrogens with zero attached hydrogens (tertiary/aromatic N) is 1. The molecule has 1 aliphatic carbocycles. The third-order valence-corrected chi connectivity index (χ3v) is 13.8. The molecule has 0 aromatic heterocycles. The predicted octanol–water partition coefficient (Wildman–Crippen LogP) is 1.73. The molecular formula is C58H81N9O12. The van der Waals surface area contributed by atoms with Crippen molar-refractivity contribution in [1.29, 1.82) is 0 Å². The number of methoxy groups -OCH3 is 2. The van der Waals surface area contributed by atoms with Gasteiger partial charge in [0, 0.05) is 57.3 Å². The van der Waals surface area contributed by atoms with E-state index in [0.29, 0.717) is 43.1 Å². The molecule has 3 heterocycles. The Balaban J connectivity index is 0.000000195. The smallest absolute Gasteiger partial charge is 0.328 e. The van der Waals surface area contributed by atoms with Gasteiger partial charge in [0.25, 0.3) is 0 Å². The second-order valence-corrected chi connectivity index (χ2v) is 20.1. The summed E-state index contributed by atoms with van der Waals surface area (Å²) in [5, 5.41) is 37.0. The van der Waals surface area contributed by atoms with Crippen molar-refractivity contribution >= 4 is 41.1 Å². The third-order valence-electron chi connectivity index (χ3n) is 13.8. The van der Waals surface area contributed by atoms with Crippen LogP contribution in [0.2, 0.25) is 0 Å². The molecule has 4 amide bonds. The summed E-state index contributed by atoms with van der Waals surface area (Å²) in [7, 11) is 2.89. The predicted molar refractivity (Wildman–Crippen MR) is 299 cm³/mol. The summed E-state index contributed by atoms with van der Waals surface area (Å²) in [4.78, 5) is 72.6. The highest BCUT2D eigenvalue weighted by atomic mass is 16.7. The van der Waals surface area contributed by atoms with Crippen LogP contribution in [0, 0.1) is 5.92 Å². The van der Waals surface area contributed by atoms with Crippen LogP contribution >= 0.6 is 0 Å². The molecule has 21 nitrogen and oxygen atoms in total. The van der Waals surface area contributed by atoms with Gasteiger partial charge in [-0.2, -0.15) is 0 Å². The molecule has 3 aliphatic heterocycles. The van der Waals surface area contributed by atoms with E-state index < -0.39 is 42.2 Å². The number of Topliss-reactive ketones (excluding diaryl/α,β-unsaturated/α-hetero) is 1. The van der Waals surface area contributed by atoms with Crippen molar-refractivity contribution in [1.82, 2.24) is 31.9 Å². The molecule has 4 aliphatic rings. The molecule has 430 valence electrons. The van der Waals surface area contributed by atoms with Gasteiger partial charge in [0.05, 0.1) is 56.6 Å². The van der Waals surface area contributed by atoms with Crippen LogP contribution in [0.3, 0.4) is 0 Å². The molecule has 0 radical (unpaired) electrons. The number of anilines is 1. The van der Waals surface area contributed by atoms with Crippen molar-refractivity contribution in [2.24, 2.45) is 17.4 Å². The fourth-order valence-electron chi connectivity index (χ4n) is 9.29. The highest BCUT2D eigenvalue weighted by molar-refractivity contribution is 5.92. The van der Waals surface area contributed by atoms with Gasteiger partial charge in [0.1, 0.15) is 17.9 Å². The maximum Gasteiger partial charge on any atom is 0.328 e. The number of aliphatic hydroxyl groups excluding tert-OH is 2. The molecule has 2 saturated heterocycles. The topological polar surface area (TPSA) is 307 Å². The number of carbonyl (C=O) groups is 6. The first kappa shape index (κ1) is 62.7. The molecule has 4 unspecified atom stereocenters. The van der Waals surface area contributed by atoms with Crippen LogP contribution in [0.25, 0.3) is 0 Å². The van der Waals surface area contributed by atoms with Gasteiger partial charge in [0.15, 0.2) is 11.5 Å². The zero-order valence-corrected chi connectivity index (χ0v) is 46.4. The van der Waals surface area contributed by atoms with Crippen LogP contribution in [0.15, 0.2) is 97.1 Å². The molecule has 8 rings (SSSR count). The maximum atomic E-state index is 12.3. The van der Waals surface area contributed by atoms with E-state index in [1.165, 1.54) is 14.0 Å². The molecule has 0 spiro atoms. The zero-order chi connectivity index (χ0) is 57.6. The van der Waals surface area contributed by atoms with Gasteiger partial charge >= 0.3 is 5.97 Å². The number of esters is 1. The minimum absolute atomic E-state index is 0.0965. The largest absolute Gasteiger partial charge is 0.493 e. The number of rotatable bonds is 18. The number of nitrogens with one attached hydrogen (secondary N) is 6. The van der Waals surface area contributed by atoms with Crippen LogP contribution in [0.4, 0.5) is 5.69 Å². The Hall–Kier alpha value is -7.14. The summed E-state index contributed by atoms with van der Waals surface area (Å²) >= 11 is 0. The number of aliphatic hydroxyl groups is 2.